The fraction of sp³-hybridized carbons (Fsp3) is 0.389. The van der Waals surface area contributed by atoms with E-state index in [9.17, 15) is 13.2 Å². The van der Waals surface area contributed by atoms with Crippen LogP contribution in [0.25, 0.3) is 11.3 Å². The van der Waals surface area contributed by atoms with Gasteiger partial charge in [-0.2, -0.15) is 4.98 Å². The fourth-order valence-corrected chi connectivity index (χ4v) is 6.56. The van der Waals surface area contributed by atoms with E-state index < -0.39 is 16.1 Å². The Kier molecular flexibility index (Phi) is 9.86. The second kappa shape index (κ2) is 13.7. The molecule has 0 fully saturated rings. The highest BCUT2D eigenvalue weighted by atomic mass is 32.2. The van der Waals surface area contributed by atoms with Crippen LogP contribution < -0.4 is 14.2 Å². The Hall–Kier alpha value is -4.51. The zero-order valence-electron chi connectivity index (χ0n) is 28.1. The molecule has 0 radical (unpaired) electrons. The van der Waals surface area contributed by atoms with Crippen molar-refractivity contribution in [2.24, 2.45) is 11.3 Å². The number of aromatic nitrogens is 3. The van der Waals surface area contributed by atoms with Gasteiger partial charge in [0, 0.05) is 17.2 Å². The van der Waals surface area contributed by atoms with Crippen molar-refractivity contribution in [1.82, 2.24) is 19.9 Å². The third-order valence-electron chi connectivity index (χ3n) is 7.74. The van der Waals surface area contributed by atoms with Crippen molar-refractivity contribution >= 4 is 21.9 Å². The van der Waals surface area contributed by atoms with Crippen LogP contribution in [0.1, 0.15) is 68.2 Å². The van der Waals surface area contributed by atoms with Crippen molar-refractivity contribution in [1.29, 1.82) is 0 Å². The van der Waals surface area contributed by atoms with Crippen molar-refractivity contribution in [3.8, 4) is 22.9 Å². The Morgan fingerprint density at radius 1 is 1.02 bits per heavy atom. The maximum Gasteiger partial charge on any atom is 0.264 e. The third kappa shape index (κ3) is 8.45. The Labute approximate surface area is 277 Å². The monoisotopic (exact) mass is 657 g/mol. The lowest BCUT2D eigenvalue weighted by Gasteiger charge is -2.35. The van der Waals surface area contributed by atoms with Crippen LogP contribution in [-0.4, -0.2) is 53.4 Å². The van der Waals surface area contributed by atoms with Gasteiger partial charge in [0.2, 0.25) is 11.8 Å². The van der Waals surface area contributed by atoms with E-state index in [1.54, 1.807) is 29.3 Å². The summed E-state index contributed by atoms with van der Waals surface area (Å²) in [7, 11) is -4.16. The molecule has 248 valence electrons. The molecule has 11 heteroatoms. The summed E-state index contributed by atoms with van der Waals surface area (Å²) in [5.74, 6) is 0.754. The topological polar surface area (TPSA) is 124 Å². The number of ether oxygens (including phenoxy) is 2. The third-order valence-corrected chi connectivity index (χ3v) is 9.07. The molecule has 1 aliphatic rings. The predicted molar refractivity (Wildman–Crippen MR) is 182 cm³/mol. The van der Waals surface area contributed by atoms with Crippen molar-refractivity contribution in [2.45, 2.75) is 72.4 Å². The number of hydrogen-bond acceptors (Lipinski definition) is 8. The number of benzene rings is 2. The molecular formula is C36H43N5O5S. The average Bonchev–Trinajstić information content (AvgIpc) is 3.00. The number of carbonyl (C=O) groups is 1. The maximum atomic E-state index is 14.3. The van der Waals surface area contributed by atoms with E-state index in [0.717, 1.165) is 16.7 Å². The number of aryl methyl sites for hydroxylation is 2. The molecule has 47 heavy (non-hydrogen) atoms. The number of nitrogens with zero attached hydrogens (tertiary/aromatic N) is 4. The summed E-state index contributed by atoms with van der Waals surface area (Å²) >= 11 is 0. The standard InChI is InChI=1S/C36H43N5O5S/c1-23(2)21-45-29-15-14-27(37-19-29)20-41-28(18-36(5,6)7)22-46-32-17-31(33-24(3)10-8-11-25(33)4)38-35(39-32)40-47(43,44)30-13-9-12-26(16-30)34(41)42/h8-17,19,23,28H,18,20-22H2,1-7H3,(H,38,39,40)/t28-/m1/s1. The molecule has 5 rings (SSSR count). The van der Waals surface area contributed by atoms with Gasteiger partial charge < -0.3 is 14.4 Å². The van der Waals surface area contributed by atoms with E-state index >= 15 is 0 Å². The molecule has 1 amide bonds. The summed E-state index contributed by atoms with van der Waals surface area (Å²) in [5.41, 5.74) is 4.04. The largest absolute Gasteiger partial charge is 0.492 e. The highest BCUT2D eigenvalue weighted by Gasteiger charge is 2.32. The lowest BCUT2D eigenvalue weighted by Crippen LogP contribution is -2.45. The van der Waals surface area contributed by atoms with Gasteiger partial charge in [0.05, 0.1) is 41.7 Å². The molecule has 0 saturated heterocycles. The number of amides is 1. The summed E-state index contributed by atoms with van der Waals surface area (Å²) in [5, 5.41) is 0. The van der Waals surface area contributed by atoms with Gasteiger partial charge in [-0.1, -0.05) is 58.9 Å². The van der Waals surface area contributed by atoms with E-state index in [4.69, 9.17) is 9.47 Å². The first kappa shape index (κ1) is 33.8. The van der Waals surface area contributed by atoms with E-state index in [1.165, 1.54) is 12.1 Å². The number of pyridine rings is 1. The van der Waals surface area contributed by atoms with Crippen LogP contribution in [-0.2, 0) is 16.6 Å². The minimum atomic E-state index is -4.16. The summed E-state index contributed by atoms with van der Waals surface area (Å²) < 4.78 is 42.0. The van der Waals surface area contributed by atoms with E-state index in [1.807, 2.05) is 44.2 Å². The molecule has 0 saturated carbocycles. The second-order valence-electron chi connectivity index (χ2n) is 13.7. The van der Waals surface area contributed by atoms with Crippen molar-refractivity contribution in [3.63, 3.8) is 0 Å². The van der Waals surface area contributed by atoms with Crippen LogP contribution in [0, 0.1) is 25.2 Å². The molecule has 0 aliphatic carbocycles. The Morgan fingerprint density at radius 3 is 2.40 bits per heavy atom. The van der Waals surface area contributed by atoms with Crippen LogP contribution in [0.15, 0.2) is 71.8 Å². The van der Waals surface area contributed by atoms with E-state index in [0.29, 0.717) is 36.1 Å². The molecule has 0 spiro atoms. The van der Waals surface area contributed by atoms with E-state index in [-0.39, 0.29) is 46.8 Å². The molecule has 1 N–H and O–H groups in total. The molecule has 3 heterocycles. The van der Waals surface area contributed by atoms with Gasteiger partial charge in [-0.15, -0.1) is 0 Å². The van der Waals surface area contributed by atoms with Crippen LogP contribution in [0.4, 0.5) is 5.95 Å². The normalized spacial score (nSPS) is 16.4. The first-order valence-corrected chi connectivity index (χ1v) is 17.3. The van der Waals surface area contributed by atoms with Crippen LogP contribution in [0.5, 0.6) is 11.6 Å². The number of sulfonamides is 1. The maximum absolute atomic E-state index is 14.3. The Bertz CT molecular complexity index is 1830. The molecule has 2 aromatic heterocycles. The van der Waals surface area contributed by atoms with Crippen molar-refractivity contribution in [3.05, 3.63) is 89.2 Å². The number of anilines is 1. The SMILES string of the molecule is Cc1cccc(C)c1-c1cc2nc(n1)NS(=O)(=O)c1cccc(c1)C(=O)N(Cc1ccc(OCC(C)C)cn1)[C@H](CC(C)(C)C)CO2. The summed E-state index contributed by atoms with van der Waals surface area (Å²) in [4.78, 5) is 29.7. The highest BCUT2D eigenvalue weighted by molar-refractivity contribution is 7.92. The van der Waals surface area contributed by atoms with Gasteiger partial charge in [0.15, 0.2) is 0 Å². The number of rotatable bonds is 7. The molecule has 0 unspecified atom stereocenters. The van der Waals surface area contributed by atoms with Crippen LogP contribution in [0.3, 0.4) is 0 Å². The summed E-state index contributed by atoms with van der Waals surface area (Å²) in [6, 6.07) is 16.9. The molecule has 1 atom stereocenters. The molecular weight excluding hydrogens is 614 g/mol. The molecule has 10 nitrogen and oxygen atoms in total. The summed E-state index contributed by atoms with van der Waals surface area (Å²) in [6.07, 6.45) is 2.25. The predicted octanol–water partition coefficient (Wildman–Crippen LogP) is 6.83. The smallest absolute Gasteiger partial charge is 0.264 e. The van der Waals surface area contributed by atoms with Gasteiger partial charge >= 0.3 is 0 Å². The minimum Gasteiger partial charge on any atom is -0.492 e. The van der Waals surface area contributed by atoms with E-state index in [2.05, 4.69) is 54.3 Å². The molecule has 1 aliphatic heterocycles. The molecule has 2 aromatic carbocycles. The summed E-state index contributed by atoms with van der Waals surface area (Å²) in [6.45, 7) is 15.3. The number of nitrogens with one attached hydrogen (secondary N) is 1. The average molecular weight is 658 g/mol. The van der Waals surface area contributed by atoms with Crippen molar-refractivity contribution in [2.75, 3.05) is 17.9 Å². The van der Waals surface area contributed by atoms with Crippen LogP contribution >= 0.6 is 0 Å². The zero-order chi connectivity index (χ0) is 33.9. The number of fused-ring (bicyclic) bond motifs is 4. The van der Waals surface area contributed by atoms with Crippen LogP contribution in [0.2, 0.25) is 0 Å². The first-order chi connectivity index (χ1) is 22.2. The van der Waals surface area contributed by atoms with Crippen molar-refractivity contribution < 1.29 is 22.7 Å². The Balaban J connectivity index is 1.61. The molecule has 4 aromatic rings. The Morgan fingerprint density at radius 2 is 1.74 bits per heavy atom. The highest BCUT2D eigenvalue weighted by Crippen LogP contribution is 2.32. The quantitative estimate of drug-likeness (QED) is 0.229. The van der Waals surface area contributed by atoms with Gasteiger partial charge in [-0.3, -0.25) is 9.78 Å². The second-order valence-corrected chi connectivity index (χ2v) is 15.4. The van der Waals surface area contributed by atoms with Gasteiger partial charge in [0.1, 0.15) is 12.4 Å². The zero-order valence-corrected chi connectivity index (χ0v) is 28.9. The molecule has 4 bridgehead atoms. The van der Waals surface area contributed by atoms with Gasteiger partial charge in [-0.05, 0) is 73.1 Å². The lowest BCUT2D eigenvalue weighted by molar-refractivity contribution is 0.0509. The lowest BCUT2D eigenvalue weighted by atomic mass is 9.87. The number of carbonyl (C=O) groups excluding carboxylic acids is 1. The minimum absolute atomic E-state index is 0.0803. The first-order valence-electron chi connectivity index (χ1n) is 15.8. The fourth-order valence-electron chi connectivity index (χ4n) is 5.57. The van der Waals surface area contributed by atoms with Gasteiger partial charge in [0.25, 0.3) is 15.9 Å². The van der Waals surface area contributed by atoms with Gasteiger partial charge in [-0.25, -0.2) is 18.1 Å². The number of hydrogen-bond donors (Lipinski definition) is 1.